The van der Waals surface area contributed by atoms with Gasteiger partial charge in [-0.15, -0.1) is 0 Å². The number of methoxy groups -OCH3 is 1. The molecule has 2 rings (SSSR count). The van der Waals surface area contributed by atoms with E-state index in [2.05, 4.69) is 48.5 Å². The van der Waals surface area contributed by atoms with Crippen molar-refractivity contribution in [2.45, 2.75) is 5.00 Å². The fraction of sp³-hybridized carbons (Fsp3) is 0.143. The van der Waals surface area contributed by atoms with Crippen LogP contribution in [0.3, 0.4) is 0 Å². The first kappa shape index (κ1) is 11.4. The normalized spacial score (nSPS) is 12.3. The molecule has 0 amide bonds. The molecule has 82 valence electrons. The molecule has 2 aromatic carbocycles. The number of benzene rings is 2. The summed E-state index contributed by atoms with van der Waals surface area (Å²) in [6, 6.07) is 20.9. The Bertz CT molecular complexity index is 413. The van der Waals surface area contributed by atoms with Gasteiger partial charge in [-0.25, -0.2) is 0 Å². The van der Waals surface area contributed by atoms with Crippen LogP contribution in [0, 0.1) is 0 Å². The summed E-state index contributed by atoms with van der Waals surface area (Å²) in [6.45, 7) is 0. The first-order chi connectivity index (χ1) is 7.90. The van der Waals surface area contributed by atoms with Crippen LogP contribution in [-0.4, -0.2) is 22.1 Å². The molecule has 0 radical (unpaired) electrons. The van der Waals surface area contributed by atoms with Gasteiger partial charge < -0.3 is 0 Å². The molecule has 0 aliphatic rings. The second kappa shape index (κ2) is 5.86. The van der Waals surface area contributed by atoms with Gasteiger partial charge in [0.15, 0.2) is 0 Å². The molecule has 1 nitrogen and oxygen atoms in total. The van der Waals surface area contributed by atoms with E-state index in [-0.39, 0.29) is 5.00 Å². The Labute approximate surface area is 103 Å². The van der Waals surface area contributed by atoms with E-state index in [1.165, 1.54) is 10.0 Å². The van der Waals surface area contributed by atoms with Crippen LogP contribution in [-0.2, 0) is 4.74 Å². The van der Waals surface area contributed by atoms with Crippen molar-refractivity contribution in [2.75, 3.05) is 7.11 Å². The van der Waals surface area contributed by atoms with Crippen LogP contribution in [0.5, 0.6) is 0 Å². The predicted octanol–water partition coefficient (Wildman–Crippen LogP) is 2.36. The first-order valence-corrected chi connectivity index (χ1v) is 7.04. The third-order valence-electron chi connectivity index (χ3n) is 2.27. The number of hydrogen-bond acceptors (Lipinski definition) is 1. The molecule has 0 N–H and O–H groups in total. The molecule has 2 aromatic rings. The van der Waals surface area contributed by atoms with Crippen LogP contribution in [0.25, 0.3) is 0 Å². The van der Waals surface area contributed by atoms with Crippen LogP contribution in [0.1, 0.15) is 10.6 Å². The summed E-state index contributed by atoms with van der Waals surface area (Å²) < 4.78 is 6.93. The molecule has 1 atom stereocenters. The third-order valence-corrected chi connectivity index (χ3v) is 4.84. The average molecular weight is 277 g/mol. The zero-order valence-electron chi connectivity index (χ0n) is 9.17. The fourth-order valence-electron chi connectivity index (χ4n) is 1.49. The summed E-state index contributed by atoms with van der Waals surface area (Å²) >= 11 is 0.317. The van der Waals surface area contributed by atoms with Crippen molar-refractivity contribution in [3.63, 3.8) is 0 Å². The van der Waals surface area contributed by atoms with Gasteiger partial charge in [0.25, 0.3) is 0 Å². The van der Waals surface area contributed by atoms with Crippen molar-refractivity contribution in [1.29, 1.82) is 0 Å². The minimum absolute atomic E-state index is 0.205. The Kier molecular flexibility index (Phi) is 4.17. The van der Waals surface area contributed by atoms with E-state index in [1.54, 1.807) is 7.11 Å². The number of rotatable bonds is 4. The predicted molar refractivity (Wildman–Crippen MR) is 68.0 cm³/mol. The van der Waals surface area contributed by atoms with Gasteiger partial charge in [-0.3, -0.25) is 0 Å². The van der Waals surface area contributed by atoms with E-state index in [0.717, 1.165) is 0 Å². The molecule has 0 fully saturated rings. The summed E-state index contributed by atoms with van der Waals surface area (Å²) in [7, 11) is 1.78. The van der Waals surface area contributed by atoms with Gasteiger partial charge in [0.05, 0.1) is 0 Å². The minimum atomic E-state index is 0.205. The maximum atomic E-state index is 5.57. The molecule has 0 spiro atoms. The SMILES string of the molecule is COC([Se]c1ccccc1)c1ccccc1. The van der Waals surface area contributed by atoms with E-state index in [1.807, 2.05) is 12.1 Å². The molecule has 16 heavy (non-hydrogen) atoms. The van der Waals surface area contributed by atoms with Crippen molar-refractivity contribution < 1.29 is 4.74 Å². The van der Waals surface area contributed by atoms with Gasteiger partial charge in [0.2, 0.25) is 0 Å². The zero-order valence-corrected chi connectivity index (χ0v) is 10.9. The van der Waals surface area contributed by atoms with Crippen molar-refractivity contribution in [3.05, 3.63) is 66.2 Å². The monoisotopic (exact) mass is 278 g/mol. The summed E-state index contributed by atoms with van der Waals surface area (Å²) in [5.74, 6) is 0. The van der Waals surface area contributed by atoms with Gasteiger partial charge in [-0.05, 0) is 0 Å². The first-order valence-electron chi connectivity index (χ1n) is 5.19. The Balaban J connectivity index is 2.13. The molecule has 1 unspecified atom stereocenters. The van der Waals surface area contributed by atoms with E-state index < -0.39 is 0 Å². The van der Waals surface area contributed by atoms with Gasteiger partial charge in [-0.1, -0.05) is 0 Å². The molecular formula is C14H14OSe. The summed E-state index contributed by atoms with van der Waals surface area (Å²) in [5, 5.41) is 0.205. The quantitative estimate of drug-likeness (QED) is 0.780. The summed E-state index contributed by atoms with van der Waals surface area (Å²) in [4.78, 5) is 0. The Morgan fingerprint density at radius 2 is 1.44 bits per heavy atom. The van der Waals surface area contributed by atoms with E-state index >= 15 is 0 Å². The number of ether oxygens (including phenoxy) is 1. The molecular weight excluding hydrogens is 263 g/mol. The van der Waals surface area contributed by atoms with Crippen LogP contribution in [0.2, 0.25) is 0 Å². The molecule has 2 heteroatoms. The molecule has 0 saturated heterocycles. The van der Waals surface area contributed by atoms with Crippen LogP contribution in [0.15, 0.2) is 60.7 Å². The van der Waals surface area contributed by atoms with Crippen molar-refractivity contribution >= 4 is 19.4 Å². The average Bonchev–Trinajstić information content (AvgIpc) is 2.38. The van der Waals surface area contributed by atoms with Gasteiger partial charge in [0.1, 0.15) is 0 Å². The second-order valence-corrected chi connectivity index (χ2v) is 5.79. The van der Waals surface area contributed by atoms with Gasteiger partial charge >= 0.3 is 102 Å². The number of hydrogen-bond donors (Lipinski definition) is 0. The maximum absolute atomic E-state index is 5.57. The van der Waals surface area contributed by atoms with Crippen molar-refractivity contribution in [2.24, 2.45) is 0 Å². The van der Waals surface area contributed by atoms with Crippen LogP contribution >= 0.6 is 0 Å². The second-order valence-electron chi connectivity index (χ2n) is 3.41. The van der Waals surface area contributed by atoms with E-state index in [4.69, 9.17) is 4.74 Å². The summed E-state index contributed by atoms with van der Waals surface area (Å²) in [5.41, 5.74) is 1.26. The molecule has 0 aliphatic carbocycles. The van der Waals surface area contributed by atoms with Gasteiger partial charge in [-0.2, -0.15) is 0 Å². The molecule has 0 heterocycles. The zero-order chi connectivity index (χ0) is 11.2. The van der Waals surface area contributed by atoms with Crippen molar-refractivity contribution in [3.8, 4) is 0 Å². The van der Waals surface area contributed by atoms with E-state index in [0.29, 0.717) is 15.0 Å². The van der Waals surface area contributed by atoms with Crippen LogP contribution < -0.4 is 4.46 Å². The Morgan fingerprint density at radius 3 is 2.00 bits per heavy atom. The third kappa shape index (κ3) is 2.96. The Hall–Kier alpha value is -1.08. The summed E-state index contributed by atoms with van der Waals surface area (Å²) in [6.07, 6.45) is 0. The molecule has 0 saturated carbocycles. The van der Waals surface area contributed by atoms with Crippen LogP contribution in [0.4, 0.5) is 0 Å². The van der Waals surface area contributed by atoms with Gasteiger partial charge in [0, 0.05) is 0 Å². The molecule has 0 aliphatic heterocycles. The Morgan fingerprint density at radius 1 is 0.875 bits per heavy atom. The topological polar surface area (TPSA) is 9.23 Å². The van der Waals surface area contributed by atoms with Crippen molar-refractivity contribution in [1.82, 2.24) is 0 Å². The molecule has 0 bridgehead atoms. The van der Waals surface area contributed by atoms with E-state index in [9.17, 15) is 0 Å². The molecule has 0 aromatic heterocycles. The standard InChI is InChI=1S/C14H14OSe/c1-15-14(12-8-4-2-5-9-12)16-13-10-6-3-7-11-13/h2-11,14H,1H3. The fourth-order valence-corrected chi connectivity index (χ4v) is 3.48.